The molecule has 0 saturated carbocycles. The van der Waals surface area contributed by atoms with Crippen molar-refractivity contribution >= 4 is 12.1 Å². The van der Waals surface area contributed by atoms with E-state index in [-0.39, 0.29) is 5.91 Å². The van der Waals surface area contributed by atoms with Gasteiger partial charge in [0.2, 0.25) is 5.91 Å². The van der Waals surface area contributed by atoms with Gasteiger partial charge in [-0.3, -0.25) is 4.79 Å². The summed E-state index contributed by atoms with van der Waals surface area (Å²) in [6.07, 6.45) is 20.9. The molecule has 0 aromatic heterocycles. The molecule has 168 valence electrons. The lowest BCUT2D eigenvalue weighted by atomic mass is 10.0. The van der Waals surface area contributed by atoms with E-state index in [1.807, 2.05) is 24.3 Å². The first-order valence-electron chi connectivity index (χ1n) is 11.9. The summed E-state index contributed by atoms with van der Waals surface area (Å²) < 4.78 is 5.49. The van der Waals surface area contributed by atoms with Gasteiger partial charge in [0.05, 0.1) is 6.21 Å². The second-order valence-corrected chi connectivity index (χ2v) is 7.96. The highest BCUT2D eigenvalue weighted by molar-refractivity contribution is 5.82. The van der Waals surface area contributed by atoms with Crippen LogP contribution >= 0.6 is 0 Å². The van der Waals surface area contributed by atoms with E-state index < -0.39 is 0 Å². The number of hydrogen-bond acceptors (Lipinski definition) is 3. The number of amides is 1. The number of hydrazone groups is 1. The second kappa shape index (κ2) is 18.9. The average molecular weight is 415 g/mol. The predicted molar refractivity (Wildman–Crippen MR) is 128 cm³/mol. The van der Waals surface area contributed by atoms with E-state index in [1.54, 1.807) is 12.3 Å². The molecule has 4 nitrogen and oxygen atoms in total. The zero-order valence-corrected chi connectivity index (χ0v) is 19.0. The number of hydrogen-bond donors (Lipinski definition) is 1. The first kappa shape index (κ1) is 25.9. The molecule has 4 heteroatoms. The Labute approximate surface area is 184 Å². The van der Waals surface area contributed by atoms with Gasteiger partial charge in [0, 0.05) is 6.42 Å². The Morgan fingerprint density at radius 2 is 1.57 bits per heavy atom. The van der Waals surface area contributed by atoms with Crippen LogP contribution in [0.1, 0.15) is 102 Å². The van der Waals surface area contributed by atoms with Crippen LogP contribution in [0.3, 0.4) is 0 Å². The molecule has 0 fully saturated rings. The first-order valence-corrected chi connectivity index (χ1v) is 11.9. The van der Waals surface area contributed by atoms with Gasteiger partial charge in [0.15, 0.2) is 0 Å². The van der Waals surface area contributed by atoms with Crippen molar-refractivity contribution in [1.29, 1.82) is 0 Å². The van der Waals surface area contributed by atoms with Crippen LogP contribution in [0.4, 0.5) is 0 Å². The molecule has 1 amide bonds. The molecule has 0 radical (unpaired) electrons. The molecule has 0 aliphatic rings. The zero-order chi connectivity index (χ0) is 21.7. The number of nitrogens with zero attached hydrogens (tertiary/aromatic N) is 1. The molecular formula is C26H42N2O2. The average Bonchev–Trinajstić information content (AvgIpc) is 2.76. The molecular weight excluding hydrogens is 372 g/mol. The summed E-state index contributed by atoms with van der Waals surface area (Å²) in [6, 6.07) is 7.58. The molecule has 0 aliphatic carbocycles. The summed E-state index contributed by atoms with van der Waals surface area (Å²) in [5, 5.41) is 4.04. The van der Waals surface area contributed by atoms with Crippen LogP contribution in [-0.4, -0.2) is 18.7 Å². The Balaban J connectivity index is 1.97. The number of ether oxygens (including phenoxy) is 1. The summed E-state index contributed by atoms with van der Waals surface area (Å²) in [5.74, 6) is 0.741. The summed E-state index contributed by atoms with van der Waals surface area (Å²) in [7, 11) is 0. The van der Waals surface area contributed by atoms with Gasteiger partial charge in [-0.2, -0.15) is 5.10 Å². The molecule has 0 heterocycles. The predicted octanol–water partition coefficient (Wildman–Crippen LogP) is 7.18. The van der Waals surface area contributed by atoms with Gasteiger partial charge in [-0.05, 0) is 24.1 Å². The van der Waals surface area contributed by atoms with Crippen LogP contribution in [0.15, 0.2) is 42.0 Å². The molecule has 0 spiro atoms. The highest BCUT2D eigenvalue weighted by Crippen LogP contribution is 2.13. The third-order valence-corrected chi connectivity index (χ3v) is 5.14. The Hall–Kier alpha value is -2.10. The van der Waals surface area contributed by atoms with Crippen molar-refractivity contribution in [3.63, 3.8) is 0 Å². The number of nitrogens with one attached hydrogen (secondary N) is 1. The van der Waals surface area contributed by atoms with Crippen LogP contribution in [-0.2, 0) is 4.79 Å². The highest BCUT2D eigenvalue weighted by atomic mass is 16.5. The maximum Gasteiger partial charge on any atom is 0.240 e. The van der Waals surface area contributed by atoms with Gasteiger partial charge in [-0.1, -0.05) is 109 Å². The zero-order valence-electron chi connectivity index (χ0n) is 19.0. The van der Waals surface area contributed by atoms with Crippen LogP contribution in [0.25, 0.3) is 0 Å². The van der Waals surface area contributed by atoms with Crippen molar-refractivity contribution in [3.8, 4) is 5.75 Å². The highest BCUT2D eigenvalue weighted by Gasteiger charge is 2.00. The SMILES string of the molecule is C=CCOc1cccc(/C=N\NC(=O)CCCCCCCCCCCCCCC)c1. The molecule has 0 unspecified atom stereocenters. The monoisotopic (exact) mass is 414 g/mol. The van der Waals surface area contributed by atoms with E-state index in [0.717, 1.165) is 24.2 Å². The quantitative estimate of drug-likeness (QED) is 0.113. The standard InChI is InChI=1S/C26H42N2O2/c1-3-5-6-7-8-9-10-11-12-13-14-15-16-20-26(29)28-27-23-24-18-17-19-25(22-24)30-21-4-2/h4,17-19,22-23H,2-3,5-16,20-21H2,1H3,(H,28,29)/b27-23-. The molecule has 0 saturated heterocycles. The van der Waals surface area contributed by atoms with Crippen molar-refractivity contribution in [1.82, 2.24) is 5.43 Å². The summed E-state index contributed by atoms with van der Waals surface area (Å²) in [5.41, 5.74) is 3.50. The smallest absolute Gasteiger partial charge is 0.240 e. The number of carbonyl (C=O) groups excluding carboxylic acids is 1. The molecule has 1 aromatic rings. The topological polar surface area (TPSA) is 50.7 Å². The van der Waals surface area contributed by atoms with E-state index >= 15 is 0 Å². The minimum absolute atomic E-state index is 0.0200. The van der Waals surface area contributed by atoms with Crippen molar-refractivity contribution < 1.29 is 9.53 Å². The summed E-state index contributed by atoms with van der Waals surface area (Å²) in [6.45, 7) is 6.37. The molecule has 1 rings (SSSR count). The Morgan fingerprint density at radius 1 is 0.967 bits per heavy atom. The summed E-state index contributed by atoms with van der Waals surface area (Å²) >= 11 is 0. The van der Waals surface area contributed by atoms with Crippen LogP contribution in [0.2, 0.25) is 0 Å². The van der Waals surface area contributed by atoms with E-state index in [2.05, 4.69) is 24.0 Å². The molecule has 1 aromatic carbocycles. The molecule has 1 N–H and O–H groups in total. The van der Waals surface area contributed by atoms with Crippen molar-refractivity contribution in [3.05, 3.63) is 42.5 Å². The van der Waals surface area contributed by atoms with Gasteiger partial charge in [-0.25, -0.2) is 5.43 Å². The fourth-order valence-electron chi connectivity index (χ4n) is 3.38. The number of carbonyl (C=O) groups is 1. The minimum atomic E-state index is -0.0200. The van der Waals surface area contributed by atoms with E-state index in [9.17, 15) is 4.79 Å². The maximum atomic E-state index is 11.9. The van der Waals surface area contributed by atoms with Gasteiger partial charge < -0.3 is 4.74 Å². The minimum Gasteiger partial charge on any atom is -0.490 e. The van der Waals surface area contributed by atoms with Gasteiger partial charge in [0.1, 0.15) is 12.4 Å². The third kappa shape index (κ3) is 14.8. The van der Waals surface area contributed by atoms with E-state index in [0.29, 0.717) is 13.0 Å². The molecule has 0 aliphatic heterocycles. The van der Waals surface area contributed by atoms with E-state index in [4.69, 9.17) is 4.74 Å². The van der Waals surface area contributed by atoms with Crippen molar-refractivity contribution in [2.24, 2.45) is 5.10 Å². The fraction of sp³-hybridized carbons (Fsp3) is 0.615. The van der Waals surface area contributed by atoms with Crippen LogP contribution < -0.4 is 10.2 Å². The van der Waals surface area contributed by atoms with Gasteiger partial charge in [0.25, 0.3) is 0 Å². The number of unbranched alkanes of at least 4 members (excludes halogenated alkanes) is 12. The Bertz CT molecular complexity index is 598. The third-order valence-electron chi connectivity index (χ3n) is 5.14. The van der Waals surface area contributed by atoms with Crippen molar-refractivity contribution in [2.45, 2.75) is 96.8 Å². The summed E-state index contributed by atoms with van der Waals surface area (Å²) in [4.78, 5) is 11.9. The maximum absolute atomic E-state index is 11.9. The van der Waals surface area contributed by atoms with Crippen LogP contribution in [0.5, 0.6) is 5.75 Å². The van der Waals surface area contributed by atoms with E-state index in [1.165, 1.54) is 70.6 Å². The number of benzene rings is 1. The molecule has 0 atom stereocenters. The second-order valence-electron chi connectivity index (χ2n) is 7.96. The lowest BCUT2D eigenvalue weighted by Gasteiger charge is -2.04. The normalized spacial score (nSPS) is 11.0. The van der Waals surface area contributed by atoms with Crippen LogP contribution in [0, 0.1) is 0 Å². The lowest BCUT2D eigenvalue weighted by Crippen LogP contribution is -2.16. The molecule has 0 bridgehead atoms. The van der Waals surface area contributed by atoms with Gasteiger partial charge in [-0.15, -0.1) is 0 Å². The number of rotatable bonds is 19. The fourth-order valence-corrected chi connectivity index (χ4v) is 3.38. The largest absolute Gasteiger partial charge is 0.490 e. The Morgan fingerprint density at radius 3 is 2.17 bits per heavy atom. The first-order chi connectivity index (χ1) is 14.8. The Kier molecular flexibility index (Phi) is 16.3. The van der Waals surface area contributed by atoms with Gasteiger partial charge >= 0.3 is 0 Å². The lowest BCUT2D eigenvalue weighted by molar-refractivity contribution is -0.121. The van der Waals surface area contributed by atoms with Crippen molar-refractivity contribution in [2.75, 3.05) is 6.61 Å². The molecule has 30 heavy (non-hydrogen) atoms.